The number of likely N-dealkylation sites (tertiary alicyclic amines) is 1. The summed E-state index contributed by atoms with van der Waals surface area (Å²) in [5, 5.41) is 14.1. The van der Waals surface area contributed by atoms with Crippen molar-refractivity contribution in [3.8, 4) is 11.5 Å². The number of ether oxygens (including phenoxy) is 1. The van der Waals surface area contributed by atoms with Crippen LogP contribution in [-0.2, 0) is 19.5 Å². The highest BCUT2D eigenvalue weighted by Gasteiger charge is 2.37. The lowest BCUT2D eigenvalue weighted by Gasteiger charge is -2.34. The van der Waals surface area contributed by atoms with Crippen molar-refractivity contribution >= 4 is 11.6 Å². The monoisotopic (exact) mass is 493 g/mol. The minimum atomic E-state index is -0.346. The van der Waals surface area contributed by atoms with Crippen molar-refractivity contribution in [2.45, 2.75) is 31.7 Å². The molecule has 7 heteroatoms. The molecule has 2 aliphatic heterocycles. The van der Waals surface area contributed by atoms with Gasteiger partial charge in [0, 0.05) is 62.6 Å². The van der Waals surface area contributed by atoms with Gasteiger partial charge in [-0.05, 0) is 42.0 Å². The molecule has 0 bridgehead atoms. The first-order valence-electron chi connectivity index (χ1n) is 12.8. The highest BCUT2D eigenvalue weighted by atomic mass is 16.5. The Morgan fingerprint density at radius 1 is 0.892 bits per heavy atom. The maximum absolute atomic E-state index is 10.8. The lowest BCUT2D eigenvalue weighted by molar-refractivity contribution is 0.0740. The minimum absolute atomic E-state index is 0.131. The molecule has 0 radical (unpaired) electrons. The van der Waals surface area contributed by atoms with Gasteiger partial charge < -0.3 is 15.2 Å². The fourth-order valence-electron chi connectivity index (χ4n) is 5.22. The summed E-state index contributed by atoms with van der Waals surface area (Å²) in [6.45, 7) is 4.10. The Kier molecular flexibility index (Phi) is 6.82. The number of aliphatic hydroxyl groups excluding tert-OH is 1. The molecule has 7 nitrogen and oxygen atoms in total. The number of hydrogen-bond donors (Lipinski definition) is 2. The van der Waals surface area contributed by atoms with Gasteiger partial charge in [-0.2, -0.15) is 0 Å². The molecule has 37 heavy (non-hydrogen) atoms. The van der Waals surface area contributed by atoms with E-state index in [1.165, 1.54) is 5.56 Å². The second-order valence-corrected chi connectivity index (χ2v) is 9.76. The van der Waals surface area contributed by atoms with Crippen molar-refractivity contribution in [2.75, 3.05) is 25.0 Å². The van der Waals surface area contributed by atoms with Crippen LogP contribution in [0.15, 0.2) is 91.1 Å². The number of benzene rings is 3. The van der Waals surface area contributed by atoms with Gasteiger partial charge in [0.25, 0.3) is 0 Å². The number of hydrogen-bond acceptors (Lipinski definition) is 7. The summed E-state index contributed by atoms with van der Waals surface area (Å²) in [5.41, 5.74) is 4.40. The molecule has 2 N–H and O–H groups in total. The highest BCUT2D eigenvalue weighted by Crippen LogP contribution is 2.27. The lowest BCUT2D eigenvalue weighted by Crippen LogP contribution is -2.46. The number of para-hydroxylation sites is 1. The Labute approximate surface area is 217 Å². The molecule has 0 spiro atoms. The molecule has 3 aromatic carbocycles. The second-order valence-electron chi connectivity index (χ2n) is 9.76. The molecule has 0 amide bonds. The Bertz CT molecular complexity index is 1320. The van der Waals surface area contributed by atoms with Crippen LogP contribution < -0.4 is 10.1 Å². The molecule has 0 unspecified atom stereocenters. The van der Waals surface area contributed by atoms with E-state index in [1.54, 1.807) is 0 Å². The number of nitrogens with zero attached hydrogens (tertiary/aromatic N) is 4. The molecule has 1 aromatic heterocycles. The largest absolute Gasteiger partial charge is 0.457 e. The average molecular weight is 494 g/mol. The molecule has 1 fully saturated rings. The molecule has 2 aliphatic rings. The van der Waals surface area contributed by atoms with Gasteiger partial charge in [-0.25, -0.2) is 9.97 Å². The van der Waals surface area contributed by atoms with E-state index in [4.69, 9.17) is 9.72 Å². The van der Waals surface area contributed by atoms with Crippen molar-refractivity contribution in [2.24, 2.45) is 0 Å². The van der Waals surface area contributed by atoms with Crippen molar-refractivity contribution in [3.63, 3.8) is 0 Å². The van der Waals surface area contributed by atoms with E-state index in [0.717, 1.165) is 61.0 Å². The van der Waals surface area contributed by atoms with Crippen LogP contribution in [0.25, 0.3) is 0 Å². The molecule has 0 aliphatic carbocycles. The summed E-state index contributed by atoms with van der Waals surface area (Å²) in [6, 6.07) is 28.1. The van der Waals surface area contributed by atoms with Crippen LogP contribution >= 0.6 is 0 Å². The molecular weight excluding hydrogens is 462 g/mol. The smallest absolute Gasteiger partial charge is 0.227 e. The van der Waals surface area contributed by atoms with Gasteiger partial charge in [-0.15, -0.1) is 0 Å². The van der Waals surface area contributed by atoms with E-state index in [0.29, 0.717) is 12.5 Å². The Morgan fingerprint density at radius 3 is 2.41 bits per heavy atom. The number of aliphatic hydroxyl groups is 1. The zero-order valence-corrected chi connectivity index (χ0v) is 20.7. The molecule has 4 aromatic rings. The lowest BCUT2D eigenvalue weighted by atomic mass is 10.0. The predicted molar refractivity (Wildman–Crippen MR) is 144 cm³/mol. The van der Waals surface area contributed by atoms with Crippen LogP contribution in [0.5, 0.6) is 11.5 Å². The maximum Gasteiger partial charge on any atom is 0.227 e. The summed E-state index contributed by atoms with van der Waals surface area (Å²) < 4.78 is 5.87. The molecule has 2 atom stereocenters. The zero-order valence-electron chi connectivity index (χ0n) is 20.7. The van der Waals surface area contributed by atoms with Gasteiger partial charge in [-0.3, -0.25) is 9.80 Å². The number of β-amino-alcohol motifs (C(OH)–C–C–N with tert-alkyl or cyclic N) is 1. The first-order chi connectivity index (χ1) is 18.2. The van der Waals surface area contributed by atoms with Crippen molar-refractivity contribution in [1.82, 2.24) is 19.8 Å². The molecule has 188 valence electrons. The van der Waals surface area contributed by atoms with Crippen LogP contribution in [-0.4, -0.2) is 56.7 Å². The third-order valence-electron chi connectivity index (χ3n) is 7.11. The van der Waals surface area contributed by atoms with Crippen molar-refractivity contribution in [1.29, 1.82) is 0 Å². The summed E-state index contributed by atoms with van der Waals surface area (Å²) in [7, 11) is 0. The zero-order chi connectivity index (χ0) is 25.0. The van der Waals surface area contributed by atoms with Crippen LogP contribution in [0.2, 0.25) is 0 Å². The third-order valence-corrected chi connectivity index (χ3v) is 7.11. The van der Waals surface area contributed by atoms with Crippen LogP contribution in [0.1, 0.15) is 16.8 Å². The van der Waals surface area contributed by atoms with Gasteiger partial charge in [0.2, 0.25) is 5.95 Å². The maximum atomic E-state index is 10.8. The van der Waals surface area contributed by atoms with Crippen molar-refractivity contribution in [3.05, 3.63) is 108 Å². The van der Waals surface area contributed by atoms with Gasteiger partial charge in [-0.1, -0.05) is 48.5 Å². The molecule has 1 saturated heterocycles. The quantitative estimate of drug-likeness (QED) is 0.389. The van der Waals surface area contributed by atoms with E-state index >= 15 is 0 Å². The van der Waals surface area contributed by atoms with Crippen LogP contribution in [0.3, 0.4) is 0 Å². The Morgan fingerprint density at radius 2 is 1.62 bits per heavy atom. The van der Waals surface area contributed by atoms with Crippen molar-refractivity contribution < 1.29 is 9.84 Å². The minimum Gasteiger partial charge on any atom is -0.457 e. The van der Waals surface area contributed by atoms with E-state index in [2.05, 4.69) is 44.4 Å². The summed E-state index contributed by atoms with van der Waals surface area (Å²) >= 11 is 0. The fraction of sp³-hybridized carbons (Fsp3) is 0.267. The van der Waals surface area contributed by atoms with Gasteiger partial charge in [0.05, 0.1) is 11.8 Å². The summed E-state index contributed by atoms with van der Waals surface area (Å²) in [4.78, 5) is 14.1. The first kappa shape index (κ1) is 23.6. The number of aromatic nitrogens is 2. The topological polar surface area (TPSA) is 73.8 Å². The first-order valence-corrected chi connectivity index (χ1v) is 12.8. The van der Waals surface area contributed by atoms with Gasteiger partial charge >= 0.3 is 0 Å². The third kappa shape index (κ3) is 5.64. The standard InChI is InChI=1S/C30H31N5O2/c36-29-21-34(18-22-7-3-1-4-8-22)20-28(29)35-16-15-27-23(19-35)17-31-30(33-27)32-24-11-13-26(14-12-24)37-25-9-5-2-6-10-25/h1-14,17,28-29,36H,15-16,18-21H2,(H,31,32,33)/t28-,29-/m1/s1. The molecule has 3 heterocycles. The number of rotatable bonds is 7. The van der Waals surface area contributed by atoms with E-state index in [9.17, 15) is 5.11 Å². The predicted octanol–water partition coefficient (Wildman–Crippen LogP) is 4.62. The number of anilines is 2. The van der Waals surface area contributed by atoms with Gasteiger partial charge in [0.15, 0.2) is 0 Å². The van der Waals surface area contributed by atoms with Crippen LogP contribution in [0.4, 0.5) is 11.6 Å². The number of nitrogens with one attached hydrogen (secondary N) is 1. The Balaban J connectivity index is 1.06. The highest BCUT2D eigenvalue weighted by molar-refractivity contribution is 5.55. The SMILES string of the molecule is O[C@@H]1CN(Cc2ccccc2)C[C@H]1N1CCc2nc(Nc3ccc(Oc4ccccc4)cc3)ncc2C1. The summed E-state index contributed by atoms with van der Waals surface area (Å²) in [6.07, 6.45) is 2.42. The molecule has 0 saturated carbocycles. The number of fused-ring (bicyclic) bond motifs is 1. The average Bonchev–Trinajstić information content (AvgIpc) is 3.30. The van der Waals surface area contributed by atoms with Gasteiger partial charge in [0.1, 0.15) is 11.5 Å². The Hall–Kier alpha value is -3.78. The second kappa shape index (κ2) is 10.7. The molecule has 6 rings (SSSR count). The van der Waals surface area contributed by atoms with E-state index < -0.39 is 0 Å². The fourth-order valence-corrected chi connectivity index (χ4v) is 5.22. The molecular formula is C30H31N5O2. The van der Waals surface area contributed by atoms with Crippen LogP contribution in [0, 0.1) is 0 Å². The van der Waals surface area contributed by atoms with E-state index in [-0.39, 0.29) is 12.1 Å². The normalized spacial score (nSPS) is 19.9. The van der Waals surface area contributed by atoms with E-state index in [1.807, 2.05) is 66.9 Å². The summed E-state index contributed by atoms with van der Waals surface area (Å²) in [5.74, 6) is 2.18.